The number of fused-ring (bicyclic) bond motifs is 1. The highest BCUT2D eigenvalue weighted by atomic mass is 16.5. The lowest BCUT2D eigenvalue weighted by atomic mass is 10.1. The van der Waals surface area contributed by atoms with Crippen LogP contribution in [0, 0.1) is 11.3 Å². The third-order valence-electron chi connectivity index (χ3n) is 3.41. The van der Waals surface area contributed by atoms with Gasteiger partial charge in [0.05, 0.1) is 17.7 Å². The second-order valence-corrected chi connectivity index (χ2v) is 5.38. The highest BCUT2D eigenvalue weighted by Gasteiger charge is 2.04. The topological polar surface area (TPSA) is 50.0 Å². The molecule has 0 aliphatic rings. The van der Waals surface area contributed by atoms with E-state index in [9.17, 15) is 0 Å². The van der Waals surface area contributed by atoms with Crippen LogP contribution < -0.4 is 5.32 Å². The number of nitrogens with zero attached hydrogens (tertiary/aromatic N) is 2. The van der Waals surface area contributed by atoms with Gasteiger partial charge < -0.3 is 14.6 Å². The molecular weight excluding hydrogens is 262 g/mol. The Kier molecular flexibility index (Phi) is 5.79. The van der Waals surface area contributed by atoms with Gasteiger partial charge in [-0.25, -0.2) is 0 Å². The molecule has 0 atom stereocenters. The Hall–Kier alpha value is -1.83. The van der Waals surface area contributed by atoms with E-state index in [0.29, 0.717) is 6.10 Å². The zero-order valence-electron chi connectivity index (χ0n) is 12.8. The number of benzene rings is 1. The molecule has 0 amide bonds. The third-order valence-corrected chi connectivity index (χ3v) is 3.41. The van der Waals surface area contributed by atoms with Gasteiger partial charge in [0.1, 0.15) is 0 Å². The summed E-state index contributed by atoms with van der Waals surface area (Å²) in [5, 5.41) is 13.6. The maximum atomic E-state index is 9.10. The SMILES string of the molecule is CC(C)OCCCNCCn1ccc2c(C#N)cccc21. The number of aromatic nitrogens is 1. The lowest BCUT2D eigenvalue weighted by molar-refractivity contribution is 0.0771. The van der Waals surface area contributed by atoms with Crippen LogP contribution in [-0.4, -0.2) is 30.4 Å². The molecule has 0 saturated heterocycles. The summed E-state index contributed by atoms with van der Waals surface area (Å²) in [5.41, 5.74) is 1.86. The highest BCUT2D eigenvalue weighted by molar-refractivity contribution is 5.85. The molecular formula is C17H23N3O. The van der Waals surface area contributed by atoms with E-state index in [0.717, 1.165) is 49.1 Å². The van der Waals surface area contributed by atoms with Crippen molar-refractivity contribution in [2.75, 3.05) is 19.7 Å². The van der Waals surface area contributed by atoms with Crippen molar-refractivity contribution < 1.29 is 4.74 Å². The molecule has 0 radical (unpaired) electrons. The molecule has 112 valence electrons. The van der Waals surface area contributed by atoms with E-state index < -0.39 is 0 Å². The van der Waals surface area contributed by atoms with Gasteiger partial charge >= 0.3 is 0 Å². The zero-order chi connectivity index (χ0) is 15.1. The molecule has 21 heavy (non-hydrogen) atoms. The number of nitrogens with one attached hydrogen (secondary N) is 1. The summed E-state index contributed by atoms with van der Waals surface area (Å²) >= 11 is 0. The largest absolute Gasteiger partial charge is 0.379 e. The minimum absolute atomic E-state index is 0.311. The minimum Gasteiger partial charge on any atom is -0.379 e. The van der Waals surface area contributed by atoms with E-state index in [-0.39, 0.29) is 0 Å². The summed E-state index contributed by atoms with van der Waals surface area (Å²) in [6, 6.07) is 10.1. The van der Waals surface area contributed by atoms with Crippen molar-refractivity contribution in [3.63, 3.8) is 0 Å². The van der Waals surface area contributed by atoms with Crippen LogP contribution in [-0.2, 0) is 11.3 Å². The maximum Gasteiger partial charge on any atom is 0.0998 e. The van der Waals surface area contributed by atoms with Gasteiger partial charge in [-0.1, -0.05) is 6.07 Å². The molecule has 0 spiro atoms. The second kappa shape index (κ2) is 7.82. The van der Waals surface area contributed by atoms with Crippen LogP contribution in [0.1, 0.15) is 25.8 Å². The summed E-state index contributed by atoms with van der Waals surface area (Å²) in [6.45, 7) is 7.71. The Balaban J connectivity index is 1.78. The van der Waals surface area contributed by atoms with Gasteiger partial charge in [-0.05, 0) is 45.0 Å². The Morgan fingerprint density at radius 1 is 1.29 bits per heavy atom. The van der Waals surface area contributed by atoms with E-state index in [1.54, 1.807) is 0 Å². The van der Waals surface area contributed by atoms with Gasteiger partial charge in [0.25, 0.3) is 0 Å². The molecule has 1 heterocycles. The molecule has 0 aliphatic carbocycles. The number of nitriles is 1. The molecule has 4 heteroatoms. The first kappa shape index (κ1) is 15.6. The molecule has 0 bridgehead atoms. The lowest BCUT2D eigenvalue weighted by Gasteiger charge is -2.09. The molecule has 0 unspecified atom stereocenters. The van der Waals surface area contributed by atoms with Gasteiger partial charge in [0.15, 0.2) is 0 Å². The first-order chi connectivity index (χ1) is 10.2. The van der Waals surface area contributed by atoms with Crippen molar-refractivity contribution in [3.8, 4) is 6.07 Å². The van der Waals surface area contributed by atoms with Crippen LogP contribution in [0.4, 0.5) is 0 Å². The molecule has 2 aromatic rings. The smallest absolute Gasteiger partial charge is 0.0998 e. The highest BCUT2D eigenvalue weighted by Crippen LogP contribution is 2.19. The second-order valence-electron chi connectivity index (χ2n) is 5.38. The van der Waals surface area contributed by atoms with Gasteiger partial charge in [-0.15, -0.1) is 0 Å². The first-order valence-corrected chi connectivity index (χ1v) is 7.52. The summed E-state index contributed by atoms with van der Waals surface area (Å²) in [4.78, 5) is 0. The predicted octanol–water partition coefficient (Wildman–Crippen LogP) is 2.92. The Morgan fingerprint density at radius 2 is 2.14 bits per heavy atom. The Labute approximate surface area is 126 Å². The quantitative estimate of drug-likeness (QED) is 0.759. The van der Waals surface area contributed by atoms with Crippen LogP contribution in [0.2, 0.25) is 0 Å². The average Bonchev–Trinajstić information content (AvgIpc) is 2.89. The lowest BCUT2D eigenvalue weighted by Crippen LogP contribution is -2.22. The third kappa shape index (κ3) is 4.32. The molecule has 1 aromatic carbocycles. The monoisotopic (exact) mass is 285 g/mol. The van der Waals surface area contributed by atoms with E-state index in [1.165, 1.54) is 0 Å². The van der Waals surface area contributed by atoms with Crippen molar-refractivity contribution in [3.05, 3.63) is 36.0 Å². The number of hydrogen-bond acceptors (Lipinski definition) is 3. The minimum atomic E-state index is 0.311. The Bertz CT molecular complexity index is 610. The van der Waals surface area contributed by atoms with E-state index >= 15 is 0 Å². The van der Waals surface area contributed by atoms with E-state index in [2.05, 4.69) is 42.1 Å². The molecule has 1 aromatic heterocycles. The predicted molar refractivity (Wildman–Crippen MR) is 85.2 cm³/mol. The van der Waals surface area contributed by atoms with Crippen molar-refractivity contribution in [2.45, 2.75) is 32.9 Å². The van der Waals surface area contributed by atoms with Crippen LogP contribution in [0.5, 0.6) is 0 Å². The van der Waals surface area contributed by atoms with Crippen LogP contribution in [0.25, 0.3) is 10.9 Å². The zero-order valence-corrected chi connectivity index (χ0v) is 12.8. The average molecular weight is 285 g/mol. The normalized spacial score (nSPS) is 11.1. The fraction of sp³-hybridized carbons (Fsp3) is 0.471. The number of ether oxygens (including phenoxy) is 1. The van der Waals surface area contributed by atoms with Gasteiger partial charge in [0.2, 0.25) is 0 Å². The fourth-order valence-electron chi connectivity index (χ4n) is 2.36. The fourth-order valence-corrected chi connectivity index (χ4v) is 2.36. The summed E-state index contributed by atoms with van der Waals surface area (Å²) in [5.74, 6) is 0. The van der Waals surface area contributed by atoms with Crippen LogP contribution in [0.15, 0.2) is 30.5 Å². The van der Waals surface area contributed by atoms with Crippen LogP contribution >= 0.6 is 0 Å². The molecule has 0 saturated carbocycles. The Morgan fingerprint density at radius 3 is 2.90 bits per heavy atom. The first-order valence-electron chi connectivity index (χ1n) is 7.52. The van der Waals surface area contributed by atoms with Crippen molar-refractivity contribution in [1.82, 2.24) is 9.88 Å². The van der Waals surface area contributed by atoms with Crippen molar-refractivity contribution in [1.29, 1.82) is 5.26 Å². The van der Waals surface area contributed by atoms with E-state index in [1.807, 2.05) is 18.2 Å². The maximum absolute atomic E-state index is 9.10. The number of rotatable bonds is 8. The molecule has 2 rings (SSSR count). The molecule has 0 aliphatic heterocycles. The van der Waals surface area contributed by atoms with Crippen molar-refractivity contribution in [2.24, 2.45) is 0 Å². The molecule has 1 N–H and O–H groups in total. The van der Waals surface area contributed by atoms with Crippen LogP contribution in [0.3, 0.4) is 0 Å². The summed E-state index contributed by atoms with van der Waals surface area (Å²) < 4.78 is 7.69. The van der Waals surface area contributed by atoms with Gasteiger partial charge in [-0.3, -0.25) is 0 Å². The molecule has 4 nitrogen and oxygen atoms in total. The number of hydrogen-bond donors (Lipinski definition) is 1. The summed E-state index contributed by atoms with van der Waals surface area (Å²) in [7, 11) is 0. The molecule has 0 fully saturated rings. The standard InChI is InChI=1S/C17H23N3O/c1-14(2)21-12-4-8-19-9-11-20-10-7-16-15(13-18)5-3-6-17(16)20/h3,5-7,10,14,19H,4,8-9,11-12H2,1-2H3. The summed E-state index contributed by atoms with van der Waals surface area (Å²) in [6.07, 6.45) is 3.39. The van der Waals surface area contributed by atoms with E-state index in [4.69, 9.17) is 10.00 Å². The van der Waals surface area contributed by atoms with Crippen molar-refractivity contribution >= 4 is 10.9 Å². The van der Waals surface area contributed by atoms with Gasteiger partial charge in [-0.2, -0.15) is 5.26 Å². The van der Waals surface area contributed by atoms with Gasteiger partial charge in [0, 0.05) is 36.8 Å².